The molecule has 6 nitrogen and oxygen atoms in total. The number of carbonyl (C=O) groups is 1. The number of benzene rings is 1. The largest absolute Gasteiger partial charge is 0.492 e. The van der Waals surface area contributed by atoms with Crippen LogP contribution in [0.2, 0.25) is 0 Å². The third-order valence-electron chi connectivity index (χ3n) is 4.07. The van der Waals surface area contributed by atoms with E-state index in [1.165, 1.54) is 0 Å². The van der Waals surface area contributed by atoms with Gasteiger partial charge in [0.05, 0.1) is 18.2 Å². The van der Waals surface area contributed by atoms with Crippen LogP contribution >= 0.6 is 0 Å². The molecule has 0 bridgehead atoms. The first-order chi connectivity index (χ1) is 11.8. The highest BCUT2D eigenvalue weighted by molar-refractivity contribution is 5.94. The molecule has 1 aromatic heterocycles. The van der Waals surface area contributed by atoms with E-state index in [9.17, 15) is 4.79 Å². The molecule has 1 fully saturated rings. The topological polar surface area (TPSA) is 67.3 Å². The number of ether oxygens (including phenoxy) is 1. The number of piperidine rings is 1. The zero-order valence-electron chi connectivity index (χ0n) is 13.8. The fourth-order valence-electron chi connectivity index (χ4n) is 2.91. The van der Waals surface area contributed by atoms with E-state index in [2.05, 4.69) is 20.2 Å². The zero-order chi connectivity index (χ0) is 16.8. The van der Waals surface area contributed by atoms with Gasteiger partial charge in [-0.3, -0.25) is 4.79 Å². The SMILES string of the molecule is CCOc1ccccc1NC(=O)C1CCCN(c2ncccn2)C1. The Kier molecular flexibility index (Phi) is 5.25. The molecular formula is C18H22N4O2. The van der Waals surface area contributed by atoms with Crippen molar-refractivity contribution in [3.63, 3.8) is 0 Å². The lowest BCUT2D eigenvalue weighted by Gasteiger charge is -2.32. The lowest BCUT2D eigenvalue weighted by atomic mass is 9.97. The van der Waals surface area contributed by atoms with Gasteiger partial charge in [0.2, 0.25) is 11.9 Å². The van der Waals surface area contributed by atoms with Gasteiger partial charge in [-0.2, -0.15) is 0 Å². The van der Waals surface area contributed by atoms with Crippen molar-refractivity contribution in [2.45, 2.75) is 19.8 Å². The van der Waals surface area contributed by atoms with Crippen molar-refractivity contribution in [1.29, 1.82) is 0 Å². The van der Waals surface area contributed by atoms with Crippen LogP contribution in [0.3, 0.4) is 0 Å². The second kappa shape index (κ2) is 7.77. The van der Waals surface area contributed by atoms with Crippen molar-refractivity contribution >= 4 is 17.5 Å². The van der Waals surface area contributed by atoms with Gasteiger partial charge < -0.3 is 15.0 Å². The lowest BCUT2D eigenvalue weighted by molar-refractivity contribution is -0.120. The summed E-state index contributed by atoms with van der Waals surface area (Å²) in [6, 6.07) is 9.31. The number of hydrogen-bond donors (Lipinski definition) is 1. The highest BCUT2D eigenvalue weighted by atomic mass is 16.5. The first kappa shape index (κ1) is 16.2. The van der Waals surface area contributed by atoms with Gasteiger partial charge in [0, 0.05) is 25.5 Å². The quantitative estimate of drug-likeness (QED) is 0.915. The average Bonchev–Trinajstić information content (AvgIpc) is 2.64. The monoisotopic (exact) mass is 326 g/mol. The molecule has 1 aliphatic heterocycles. The number of nitrogens with zero attached hydrogens (tertiary/aromatic N) is 3. The molecule has 0 spiro atoms. The molecule has 0 aliphatic carbocycles. The summed E-state index contributed by atoms with van der Waals surface area (Å²) in [6.45, 7) is 4.00. The van der Waals surface area contributed by atoms with Crippen LogP contribution in [-0.4, -0.2) is 35.6 Å². The van der Waals surface area contributed by atoms with E-state index in [1.807, 2.05) is 31.2 Å². The van der Waals surface area contributed by atoms with Gasteiger partial charge in [0.15, 0.2) is 0 Å². The molecule has 1 N–H and O–H groups in total. The molecule has 1 aliphatic rings. The minimum atomic E-state index is -0.0859. The van der Waals surface area contributed by atoms with Gasteiger partial charge in [0.25, 0.3) is 0 Å². The normalized spacial score (nSPS) is 17.4. The van der Waals surface area contributed by atoms with E-state index < -0.39 is 0 Å². The minimum Gasteiger partial charge on any atom is -0.492 e. The first-order valence-electron chi connectivity index (χ1n) is 8.32. The van der Waals surface area contributed by atoms with Crippen LogP contribution in [0.15, 0.2) is 42.7 Å². The van der Waals surface area contributed by atoms with Gasteiger partial charge in [0.1, 0.15) is 5.75 Å². The number of rotatable bonds is 5. The molecule has 0 radical (unpaired) electrons. The molecular weight excluding hydrogens is 304 g/mol. The molecule has 1 amide bonds. The van der Waals surface area contributed by atoms with E-state index in [0.29, 0.717) is 24.8 Å². The fourth-order valence-corrected chi connectivity index (χ4v) is 2.91. The Morgan fingerprint density at radius 2 is 2.08 bits per heavy atom. The first-order valence-corrected chi connectivity index (χ1v) is 8.32. The van der Waals surface area contributed by atoms with Crippen LogP contribution in [0.1, 0.15) is 19.8 Å². The third kappa shape index (κ3) is 3.82. The van der Waals surface area contributed by atoms with E-state index in [4.69, 9.17) is 4.74 Å². The van der Waals surface area contributed by atoms with Crippen LogP contribution in [0.25, 0.3) is 0 Å². The summed E-state index contributed by atoms with van der Waals surface area (Å²) in [5, 5.41) is 3.01. The summed E-state index contributed by atoms with van der Waals surface area (Å²) < 4.78 is 5.57. The maximum absolute atomic E-state index is 12.7. The number of amides is 1. The van der Waals surface area contributed by atoms with E-state index >= 15 is 0 Å². The van der Waals surface area contributed by atoms with Gasteiger partial charge >= 0.3 is 0 Å². The molecule has 6 heteroatoms. The second-order valence-corrected chi connectivity index (χ2v) is 5.75. The van der Waals surface area contributed by atoms with Crippen LogP contribution in [0.4, 0.5) is 11.6 Å². The number of para-hydroxylation sites is 2. The Morgan fingerprint density at radius 3 is 2.88 bits per heavy atom. The Balaban J connectivity index is 1.67. The molecule has 1 saturated heterocycles. The molecule has 1 atom stereocenters. The summed E-state index contributed by atoms with van der Waals surface area (Å²) in [4.78, 5) is 23.3. The predicted molar refractivity (Wildman–Crippen MR) is 93.2 cm³/mol. The van der Waals surface area contributed by atoms with Crippen LogP contribution in [0, 0.1) is 5.92 Å². The van der Waals surface area contributed by atoms with Crippen molar-refractivity contribution in [2.75, 3.05) is 29.9 Å². The van der Waals surface area contributed by atoms with Crippen LogP contribution in [-0.2, 0) is 4.79 Å². The highest BCUT2D eigenvalue weighted by Gasteiger charge is 2.27. The summed E-state index contributed by atoms with van der Waals surface area (Å²) in [6.07, 6.45) is 5.27. The van der Waals surface area contributed by atoms with Crippen LogP contribution < -0.4 is 15.0 Å². The van der Waals surface area contributed by atoms with E-state index in [1.54, 1.807) is 18.5 Å². The van der Waals surface area contributed by atoms with Gasteiger partial charge in [-0.1, -0.05) is 12.1 Å². The predicted octanol–water partition coefficient (Wildman–Crippen LogP) is 2.73. The second-order valence-electron chi connectivity index (χ2n) is 5.75. The standard InChI is InChI=1S/C18H22N4O2/c1-2-24-16-9-4-3-8-15(16)21-17(23)14-7-5-12-22(13-14)18-19-10-6-11-20-18/h3-4,6,8-11,14H,2,5,7,12-13H2,1H3,(H,21,23). The number of carbonyl (C=O) groups excluding carboxylic acids is 1. The minimum absolute atomic E-state index is 0.0165. The average molecular weight is 326 g/mol. The Hall–Kier alpha value is -2.63. The number of nitrogens with one attached hydrogen (secondary N) is 1. The van der Waals surface area contributed by atoms with Crippen molar-refractivity contribution in [1.82, 2.24) is 9.97 Å². The van der Waals surface area contributed by atoms with Crippen molar-refractivity contribution < 1.29 is 9.53 Å². The van der Waals surface area contributed by atoms with Crippen molar-refractivity contribution in [3.8, 4) is 5.75 Å². The summed E-state index contributed by atoms with van der Waals surface area (Å²) in [7, 11) is 0. The molecule has 2 aromatic rings. The molecule has 126 valence electrons. The highest BCUT2D eigenvalue weighted by Crippen LogP contribution is 2.26. The molecule has 2 heterocycles. The van der Waals surface area contributed by atoms with Crippen molar-refractivity contribution in [2.24, 2.45) is 5.92 Å². The Bertz CT molecular complexity index is 678. The summed E-state index contributed by atoms with van der Waals surface area (Å²) in [5.74, 6) is 1.32. The van der Waals surface area contributed by atoms with Crippen molar-refractivity contribution in [3.05, 3.63) is 42.7 Å². The van der Waals surface area contributed by atoms with Gasteiger partial charge in [-0.25, -0.2) is 9.97 Å². The number of hydrogen-bond acceptors (Lipinski definition) is 5. The summed E-state index contributed by atoms with van der Waals surface area (Å²) >= 11 is 0. The third-order valence-corrected chi connectivity index (χ3v) is 4.07. The van der Waals surface area contributed by atoms with E-state index in [0.717, 1.165) is 25.1 Å². The van der Waals surface area contributed by atoms with Gasteiger partial charge in [-0.05, 0) is 38.0 Å². The fraction of sp³-hybridized carbons (Fsp3) is 0.389. The Morgan fingerprint density at radius 1 is 1.29 bits per heavy atom. The molecule has 0 saturated carbocycles. The van der Waals surface area contributed by atoms with E-state index in [-0.39, 0.29) is 11.8 Å². The maximum atomic E-state index is 12.7. The van der Waals surface area contributed by atoms with Crippen LogP contribution in [0.5, 0.6) is 5.75 Å². The van der Waals surface area contributed by atoms with Gasteiger partial charge in [-0.15, -0.1) is 0 Å². The zero-order valence-corrected chi connectivity index (χ0v) is 13.8. The smallest absolute Gasteiger partial charge is 0.229 e. The maximum Gasteiger partial charge on any atom is 0.229 e. The Labute approximate surface area is 141 Å². The molecule has 3 rings (SSSR count). The number of anilines is 2. The number of aromatic nitrogens is 2. The molecule has 24 heavy (non-hydrogen) atoms. The molecule has 1 aromatic carbocycles. The molecule has 1 unspecified atom stereocenters. The lowest BCUT2D eigenvalue weighted by Crippen LogP contribution is -2.41. The summed E-state index contributed by atoms with van der Waals surface area (Å²) in [5.41, 5.74) is 0.720.